The highest BCUT2D eigenvalue weighted by Crippen LogP contribution is 2.23. The Labute approximate surface area is 117 Å². The maximum atomic E-state index is 13.0. The third kappa shape index (κ3) is 5.57. The molecule has 1 atom stereocenters. The van der Waals surface area contributed by atoms with Crippen LogP contribution in [0.2, 0.25) is 5.02 Å². The van der Waals surface area contributed by atoms with Gasteiger partial charge in [-0.3, -0.25) is 4.79 Å². The van der Waals surface area contributed by atoms with Crippen LogP contribution in [0.3, 0.4) is 0 Å². The summed E-state index contributed by atoms with van der Waals surface area (Å²) in [6.45, 7) is 2.42. The molecule has 0 heterocycles. The average molecular weight is 289 g/mol. The second kappa shape index (κ2) is 8.12. The van der Waals surface area contributed by atoms with Gasteiger partial charge in [-0.15, -0.1) is 0 Å². The normalized spacial score (nSPS) is 12.2. The van der Waals surface area contributed by atoms with Crippen LogP contribution in [0.25, 0.3) is 0 Å². The molecule has 0 aliphatic rings. The van der Waals surface area contributed by atoms with Gasteiger partial charge in [0, 0.05) is 6.42 Å². The van der Waals surface area contributed by atoms with Crippen LogP contribution in [-0.4, -0.2) is 17.7 Å². The number of ether oxygens (including phenoxy) is 1. The summed E-state index contributed by atoms with van der Waals surface area (Å²) in [5, 5.41) is 9.83. The van der Waals surface area contributed by atoms with Crippen LogP contribution in [0, 0.1) is 5.82 Å². The summed E-state index contributed by atoms with van der Waals surface area (Å²) in [5.74, 6) is -0.864. The highest BCUT2D eigenvalue weighted by atomic mass is 35.5. The molecule has 106 valence electrons. The van der Waals surface area contributed by atoms with Gasteiger partial charge in [0.1, 0.15) is 5.82 Å². The molecule has 0 aliphatic heterocycles. The molecular formula is C14H18ClFO3. The maximum Gasteiger partial charge on any atom is 0.305 e. The van der Waals surface area contributed by atoms with Gasteiger partial charge in [0.25, 0.3) is 0 Å². The van der Waals surface area contributed by atoms with E-state index < -0.39 is 11.9 Å². The molecule has 19 heavy (non-hydrogen) atoms. The van der Waals surface area contributed by atoms with Crippen molar-refractivity contribution in [2.24, 2.45) is 0 Å². The van der Waals surface area contributed by atoms with E-state index in [4.69, 9.17) is 16.3 Å². The third-order valence-corrected chi connectivity index (χ3v) is 3.00. The quantitative estimate of drug-likeness (QED) is 0.615. The van der Waals surface area contributed by atoms with E-state index in [-0.39, 0.29) is 23.8 Å². The van der Waals surface area contributed by atoms with Crippen molar-refractivity contribution in [3.63, 3.8) is 0 Å². The first-order valence-electron chi connectivity index (χ1n) is 6.33. The first kappa shape index (κ1) is 15.9. The fourth-order valence-corrected chi connectivity index (χ4v) is 1.73. The zero-order valence-corrected chi connectivity index (χ0v) is 11.6. The SMILES string of the molecule is CCCCOC(=O)CCC(O)c1ccc(F)c(Cl)c1. The molecule has 1 unspecified atom stereocenters. The molecule has 0 aromatic heterocycles. The van der Waals surface area contributed by atoms with E-state index in [1.807, 2.05) is 6.92 Å². The van der Waals surface area contributed by atoms with Crippen LogP contribution in [0.5, 0.6) is 0 Å². The topological polar surface area (TPSA) is 46.5 Å². The summed E-state index contributed by atoms with van der Waals surface area (Å²) in [6, 6.07) is 4.01. The zero-order chi connectivity index (χ0) is 14.3. The van der Waals surface area contributed by atoms with Crippen molar-refractivity contribution in [1.82, 2.24) is 0 Å². The molecular weight excluding hydrogens is 271 g/mol. The number of esters is 1. The molecule has 1 aromatic carbocycles. The number of aliphatic hydroxyl groups is 1. The van der Waals surface area contributed by atoms with E-state index in [0.29, 0.717) is 12.2 Å². The summed E-state index contributed by atoms with van der Waals surface area (Å²) in [7, 11) is 0. The number of carbonyl (C=O) groups is 1. The lowest BCUT2D eigenvalue weighted by Crippen LogP contribution is -2.08. The lowest BCUT2D eigenvalue weighted by atomic mass is 10.1. The average Bonchev–Trinajstić information content (AvgIpc) is 2.39. The Bertz CT molecular complexity index is 423. The molecule has 0 saturated carbocycles. The number of hydrogen-bond donors (Lipinski definition) is 1. The molecule has 1 rings (SSSR count). The van der Waals surface area contributed by atoms with Crippen LogP contribution < -0.4 is 0 Å². The van der Waals surface area contributed by atoms with Crippen LogP contribution in [0.1, 0.15) is 44.3 Å². The van der Waals surface area contributed by atoms with Crippen molar-refractivity contribution < 1.29 is 19.0 Å². The van der Waals surface area contributed by atoms with Crippen molar-refractivity contribution >= 4 is 17.6 Å². The highest BCUT2D eigenvalue weighted by Gasteiger charge is 2.12. The molecule has 0 spiro atoms. The summed E-state index contributed by atoms with van der Waals surface area (Å²) >= 11 is 5.63. The van der Waals surface area contributed by atoms with Gasteiger partial charge >= 0.3 is 5.97 Å². The first-order valence-corrected chi connectivity index (χ1v) is 6.71. The van der Waals surface area contributed by atoms with Gasteiger partial charge < -0.3 is 9.84 Å². The minimum Gasteiger partial charge on any atom is -0.466 e. The van der Waals surface area contributed by atoms with E-state index >= 15 is 0 Å². The monoisotopic (exact) mass is 288 g/mol. The molecule has 3 nitrogen and oxygen atoms in total. The minimum atomic E-state index is -0.850. The van der Waals surface area contributed by atoms with Crippen LogP contribution in [0.15, 0.2) is 18.2 Å². The van der Waals surface area contributed by atoms with E-state index in [1.165, 1.54) is 18.2 Å². The van der Waals surface area contributed by atoms with Crippen molar-refractivity contribution in [2.75, 3.05) is 6.61 Å². The Morgan fingerprint density at radius 3 is 2.89 bits per heavy atom. The fraction of sp³-hybridized carbons (Fsp3) is 0.500. The zero-order valence-electron chi connectivity index (χ0n) is 10.9. The van der Waals surface area contributed by atoms with Gasteiger partial charge in [0.15, 0.2) is 0 Å². The number of hydrogen-bond acceptors (Lipinski definition) is 3. The van der Waals surface area contributed by atoms with Crippen LogP contribution in [-0.2, 0) is 9.53 Å². The molecule has 0 radical (unpaired) electrons. The van der Waals surface area contributed by atoms with Crippen LogP contribution >= 0.6 is 11.6 Å². The van der Waals surface area contributed by atoms with Gasteiger partial charge in [0.2, 0.25) is 0 Å². The van der Waals surface area contributed by atoms with Gasteiger partial charge in [-0.2, -0.15) is 0 Å². The van der Waals surface area contributed by atoms with Crippen molar-refractivity contribution in [1.29, 1.82) is 0 Å². The standard InChI is InChI=1S/C14H18ClFO3/c1-2-3-8-19-14(18)7-6-13(17)10-4-5-12(16)11(15)9-10/h4-5,9,13,17H,2-3,6-8H2,1H3. The summed E-state index contributed by atoms with van der Waals surface area (Å²) < 4.78 is 17.9. The summed E-state index contributed by atoms with van der Waals surface area (Å²) in [4.78, 5) is 11.4. The van der Waals surface area contributed by atoms with Gasteiger partial charge in [-0.1, -0.05) is 31.0 Å². The van der Waals surface area contributed by atoms with E-state index in [9.17, 15) is 14.3 Å². The Balaban J connectivity index is 2.40. The molecule has 0 bridgehead atoms. The maximum absolute atomic E-state index is 13.0. The second-order valence-electron chi connectivity index (χ2n) is 4.30. The number of unbranched alkanes of at least 4 members (excludes halogenated alkanes) is 1. The second-order valence-corrected chi connectivity index (χ2v) is 4.71. The van der Waals surface area contributed by atoms with Gasteiger partial charge in [-0.25, -0.2) is 4.39 Å². The van der Waals surface area contributed by atoms with Gasteiger partial charge in [0.05, 0.1) is 17.7 Å². The summed E-state index contributed by atoms with van der Waals surface area (Å²) in [6.07, 6.45) is 1.30. The minimum absolute atomic E-state index is 0.0397. The lowest BCUT2D eigenvalue weighted by Gasteiger charge is -2.11. The number of carbonyl (C=O) groups excluding carboxylic acids is 1. The smallest absolute Gasteiger partial charge is 0.305 e. The van der Waals surface area contributed by atoms with E-state index in [2.05, 4.69) is 0 Å². The number of rotatable bonds is 7. The Morgan fingerprint density at radius 1 is 1.53 bits per heavy atom. The highest BCUT2D eigenvalue weighted by molar-refractivity contribution is 6.30. The van der Waals surface area contributed by atoms with Gasteiger partial charge in [-0.05, 0) is 30.5 Å². The Hall–Kier alpha value is -1.13. The van der Waals surface area contributed by atoms with E-state index in [0.717, 1.165) is 12.8 Å². The number of benzene rings is 1. The molecule has 0 amide bonds. The fourth-order valence-electron chi connectivity index (χ4n) is 1.54. The number of halogens is 2. The lowest BCUT2D eigenvalue weighted by molar-refractivity contribution is -0.144. The first-order chi connectivity index (χ1) is 9.04. The number of aliphatic hydroxyl groups excluding tert-OH is 1. The summed E-state index contributed by atoms with van der Waals surface area (Å²) in [5.41, 5.74) is 0.493. The van der Waals surface area contributed by atoms with Crippen molar-refractivity contribution in [3.8, 4) is 0 Å². The third-order valence-electron chi connectivity index (χ3n) is 2.71. The Kier molecular flexibility index (Phi) is 6.81. The molecule has 0 fully saturated rings. The molecule has 0 aliphatic carbocycles. The predicted molar refractivity (Wildman–Crippen MR) is 71.5 cm³/mol. The largest absolute Gasteiger partial charge is 0.466 e. The molecule has 1 aromatic rings. The van der Waals surface area contributed by atoms with Crippen LogP contribution in [0.4, 0.5) is 4.39 Å². The molecule has 1 N–H and O–H groups in total. The predicted octanol–water partition coefficient (Wildman–Crippen LogP) is 3.64. The molecule has 0 saturated heterocycles. The molecule has 5 heteroatoms. The van der Waals surface area contributed by atoms with E-state index in [1.54, 1.807) is 0 Å². The van der Waals surface area contributed by atoms with Crippen molar-refractivity contribution in [2.45, 2.75) is 38.7 Å². The van der Waals surface area contributed by atoms with Crippen molar-refractivity contribution in [3.05, 3.63) is 34.6 Å². The Morgan fingerprint density at radius 2 is 2.26 bits per heavy atom.